The van der Waals surface area contributed by atoms with E-state index in [1.54, 1.807) is 0 Å². The predicted molar refractivity (Wildman–Crippen MR) is 70.3 cm³/mol. The summed E-state index contributed by atoms with van der Waals surface area (Å²) in [5.74, 6) is 3.29. The van der Waals surface area contributed by atoms with E-state index in [0.29, 0.717) is 19.6 Å². The van der Waals surface area contributed by atoms with E-state index in [4.69, 9.17) is 10.2 Å². The Morgan fingerprint density at radius 1 is 1.22 bits per heavy atom. The van der Waals surface area contributed by atoms with E-state index < -0.39 is 0 Å². The Morgan fingerprint density at radius 3 is 2.67 bits per heavy atom. The molecular formula is C12H17N5O. The highest BCUT2D eigenvalue weighted by atomic mass is 16.3. The normalized spacial score (nSPS) is 10.3. The third-order valence-electron chi connectivity index (χ3n) is 2.36. The van der Waals surface area contributed by atoms with Crippen molar-refractivity contribution < 1.29 is 4.42 Å². The van der Waals surface area contributed by atoms with Crippen LogP contribution in [0.3, 0.4) is 0 Å². The maximum Gasteiger partial charge on any atom is 0.131 e. The number of nitrogens with two attached hydrogens (primary N) is 1. The molecule has 0 spiro atoms. The van der Waals surface area contributed by atoms with Gasteiger partial charge in [-0.1, -0.05) is 0 Å². The summed E-state index contributed by atoms with van der Waals surface area (Å²) in [5, 5.41) is 6.27. The first-order chi connectivity index (χ1) is 8.78. The van der Waals surface area contributed by atoms with Crippen LogP contribution in [0.4, 0.5) is 11.6 Å². The van der Waals surface area contributed by atoms with Gasteiger partial charge in [0.15, 0.2) is 0 Å². The molecule has 2 rings (SSSR count). The summed E-state index contributed by atoms with van der Waals surface area (Å²) < 4.78 is 5.46. The first-order valence-corrected chi connectivity index (χ1v) is 5.83. The summed E-state index contributed by atoms with van der Waals surface area (Å²) in [6.45, 7) is 3.77. The largest absolute Gasteiger partial charge is 0.465 e. The second-order valence-electron chi connectivity index (χ2n) is 3.87. The molecule has 0 amide bonds. The van der Waals surface area contributed by atoms with Crippen LogP contribution in [0.25, 0.3) is 0 Å². The Labute approximate surface area is 106 Å². The molecule has 4 N–H and O–H groups in total. The molecule has 0 unspecified atom stereocenters. The molecule has 2 aromatic rings. The monoisotopic (exact) mass is 247 g/mol. The van der Waals surface area contributed by atoms with Crippen molar-refractivity contribution in [1.82, 2.24) is 9.97 Å². The minimum atomic E-state index is 0.568. The second-order valence-corrected chi connectivity index (χ2v) is 3.87. The average molecular weight is 247 g/mol. The molecule has 0 aromatic carbocycles. The third-order valence-corrected chi connectivity index (χ3v) is 2.36. The minimum Gasteiger partial charge on any atom is -0.465 e. The number of nitrogens with zero attached hydrogens (tertiary/aromatic N) is 2. The van der Waals surface area contributed by atoms with Gasteiger partial charge in [0.2, 0.25) is 0 Å². The average Bonchev–Trinajstić information content (AvgIpc) is 2.80. The molecular weight excluding hydrogens is 230 g/mol. The van der Waals surface area contributed by atoms with Crippen LogP contribution >= 0.6 is 0 Å². The number of anilines is 2. The Balaban J connectivity index is 1.92. The van der Waals surface area contributed by atoms with Crippen LogP contribution in [0.1, 0.15) is 11.5 Å². The van der Waals surface area contributed by atoms with Gasteiger partial charge in [0, 0.05) is 19.2 Å². The fourth-order valence-electron chi connectivity index (χ4n) is 1.51. The van der Waals surface area contributed by atoms with Gasteiger partial charge in [0.05, 0.1) is 6.54 Å². The number of nitrogens with one attached hydrogen (secondary N) is 2. The molecule has 2 heterocycles. The van der Waals surface area contributed by atoms with E-state index in [0.717, 1.165) is 23.2 Å². The molecule has 2 aromatic heterocycles. The van der Waals surface area contributed by atoms with Crippen LogP contribution in [0.15, 0.2) is 28.9 Å². The zero-order chi connectivity index (χ0) is 12.8. The fourth-order valence-corrected chi connectivity index (χ4v) is 1.51. The standard InChI is InChI=1S/C12H17N5O/c1-9-2-3-10(18-9)7-15-12-6-11(14-5-4-13)16-8-17-12/h2-3,6,8H,4-5,7,13H2,1H3,(H2,14,15,16,17). The summed E-state index contributed by atoms with van der Waals surface area (Å²) in [4.78, 5) is 8.23. The molecule has 0 fully saturated rings. The summed E-state index contributed by atoms with van der Waals surface area (Å²) >= 11 is 0. The van der Waals surface area contributed by atoms with Crippen molar-refractivity contribution >= 4 is 11.6 Å². The lowest BCUT2D eigenvalue weighted by molar-refractivity contribution is 0.490. The number of aromatic nitrogens is 2. The smallest absolute Gasteiger partial charge is 0.131 e. The summed E-state index contributed by atoms with van der Waals surface area (Å²) in [7, 11) is 0. The molecule has 0 atom stereocenters. The van der Waals surface area contributed by atoms with Crippen LogP contribution in [-0.2, 0) is 6.54 Å². The van der Waals surface area contributed by atoms with Gasteiger partial charge in [-0.3, -0.25) is 0 Å². The zero-order valence-corrected chi connectivity index (χ0v) is 10.3. The number of hydrogen-bond donors (Lipinski definition) is 3. The van der Waals surface area contributed by atoms with Gasteiger partial charge in [-0.2, -0.15) is 0 Å². The maximum atomic E-state index is 5.46. The summed E-state index contributed by atoms with van der Waals surface area (Å²) in [6.07, 6.45) is 1.51. The van der Waals surface area contributed by atoms with Gasteiger partial charge in [-0.15, -0.1) is 0 Å². The van der Waals surface area contributed by atoms with Crippen molar-refractivity contribution in [3.05, 3.63) is 36.0 Å². The Bertz CT molecular complexity index is 497. The first-order valence-electron chi connectivity index (χ1n) is 5.83. The molecule has 0 aliphatic rings. The lowest BCUT2D eigenvalue weighted by atomic mass is 10.4. The molecule has 6 heteroatoms. The van der Waals surface area contributed by atoms with Crippen LogP contribution in [0, 0.1) is 6.92 Å². The van der Waals surface area contributed by atoms with Crippen molar-refractivity contribution in [2.24, 2.45) is 5.73 Å². The first kappa shape index (κ1) is 12.4. The Hall–Kier alpha value is -2.08. The van der Waals surface area contributed by atoms with Crippen molar-refractivity contribution in [1.29, 1.82) is 0 Å². The van der Waals surface area contributed by atoms with E-state index in [9.17, 15) is 0 Å². The van der Waals surface area contributed by atoms with Crippen LogP contribution in [-0.4, -0.2) is 23.1 Å². The number of rotatable bonds is 6. The van der Waals surface area contributed by atoms with Gasteiger partial charge in [0.1, 0.15) is 29.5 Å². The third kappa shape index (κ3) is 3.46. The van der Waals surface area contributed by atoms with E-state index in [1.165, 1.54) is 6.33 Å². The number of aryl methyl sites for hydroxylation is 1. The van der Waals surface area contributed by atoms with Gasteiger partial charge >= 0.3 is 0 Å². The van der Waals surface area contributed by atoms with E-state index in [2.05, 4.69) is 20.6 Å². The van der Waals surface area contributed by atoms with E-state index in [1.807, 2.05) is 25.1 Å². The van der Waals surface area contributed by atoms with E-state index in [-0.39, 0.29) is 0 Å². The number of furan rings is 1. The van der Waals surface area contributed by atoms with Crippen molar-refractivity contribution in [3.63, 3.8) is 0 Å². The molecule has 0 saturated heterocycles. The molecule has 0 bridgehead atoms. The highest BCUT2D eigenvalue weighted by Gasteiger charge is 2.01. The SMILES string of the molecule is Cc1ccc(CNc2cc(NCCN)ncn2)o1. The van der Waals surface area contributed by atoms with Crippen molar-refractivity contribution in [2.75, 3.05) is 23.7 Å². The lowest BCUT2D eigenvalue weighted by Gasteiger charge is -2.06. The highest BCUT2D eigenvalue weighted by Crippen LogP contribution is 2.11. The zero-order valence-electron chi connectivity index (χ0n) is 10.3. The Morgan fingerprint density at radius 2 is 2.00 bits per heavy atom. The fraction of sp³-hybridized carbons (Fsp3) is 0.333. The highest BCUT2D eigenvalue weighted by molar-refractivity contribution is 5.46. The minimum absolute atomic E-state index is 0.568. The summed E-state index contributed by atoms with van der Waals surface area (Å²) in [5.41, 5.74) is 5.42. The van der Waals surface area contributed by atoms with Crippen molar-refractivity contribution in [2.45, 2.75) is 13.5 Å². The second kappa shape index (κ2) is 6.02. The van der Waals surface area contributed by atoms with Gasteiger partial charge in [-0.25, -0.2) is 9.97 Å². The van der Waals surface area contributed by atoms with Gasteiger partial charge in [-0.05, 0) is 19.1 Å². The van der Waals surface area contributed by atoms with E-state index >= 15 is 0 Å². The maximum absolute atomic E-state index is 5.46. The molecule has 0 aliphatic heterocycles. The molecule has 0 aliphatic carbocycles. The van der Waals surface area contributed by atoms with Gasteiger partial charge in [0.25, 0.3) is 0 Å². The van der Waals surface area contributed by atoms with Crippen molar-refractivity contribution in [3.8, 4) is 0 Å². The molecule has 0 radical (unpaired) electrons. The molecule has 0 saturated carbocycles. The quantitative estimate of drug-likeness (QED) is 0.714. The summed E-state index contributed by atoms with van der Waals surface area (Å²) in [6, 6.07) is 5.72. The number of hydrogen-bond acceptors (Lipinski definition) is 6. The van der Waals surface area contributed by atoms with Crippen LogP contribution in [0.5, 0.6) is 0 Å². The topological polar surface area (TPSA) is 89.0 Å². The van der Waals surface area contributed by atoms with Crippen LogP contribution < -0.4 is 16.4 Å². The van der Waals surface area contributed by atoms with Gasteiger partial charge < -0.3 is 20.8 Å². The molecule has 18 heavy (non-hydrogen) atoms. The molecule has 6 nitrogen and oxygen atoms in total. The molecule has 96 valence electrons. The Kier molecular flexibility index (Phi) is 4.14. The lowest BCUT2D eigenvalue weighted by Crippen LogP contribution is -2.14. The van der Waals surface area contributed by atoms with Crippen LogP contribution in [0.2, 0.25) is 0 Å². The predicted octanol–water partition coefficient (Wildman–Crippen LogP) is 1.36.